The highest BCUT2D eigenvalue weighted by Crippen LogP contribution is 2.51. The van der Waals surface area contributed by atoms with Gasteiger partial charge in [0.2, 0.25) is 0 Å². The average Bonchev–Trinajstić information content (AvgIpc) is 2.87. The van der Waals surface area contributed by atoms with Crippen LogP contribution >= 0.6 is 11.3 Å². The molecule has 0 radical (unpaired) electrons. The molecule has 1 fully saturated rings. The number of hydrogen-bond donors (Lipinski definition) is 1. The van der Waals surface area contributed by atoms with Crippen LogP contribution in [0.1, 0.15) is 84.3 Å². The van der Waals surface area contributed by atoms with Gasteiger partial charge in [0, 0.05) is 10.8 Å². The van der Waals surface area contributed by atoms with Crippen LogP contribution in [-0.4, -0.2) is 11.5 Å². The molecule has 0 aromatic carbocycles. The zero-order chi connectivity index (χ0) is 15.7. The van der Waals surface area contributed by atoms with Gasteiger partial charge in [-0.2, -0.15) is 0 Å². The fraction of sp³-hybridized carbons (Fsp3) is 0.833. The molecule has 120 valence electrons. The smallest absolute Gasteiger partial charge is 0.114 e. The van der Waals surface area contributed by atoms with Crippen LogP contribution in [0.3, 0.4) is 0 Å². The van der Waals surface area contributed by atoms with Gasteiger partial charge in [-0.1, -0.05) is 54.4 Å². The Bertz CT molecular complexity index is 470. The first-order chi connectivity index (χ1) is 9.73. The summed E-state index contributed by atoms with van der Waals surface area (Å²) >= 11 is 1.86. The predicted molar refractivity (Wildman–Crippen MR) is 93.0 cm³/mol. The monoisotopic (exact) mass is 308 g/mol. The highest BCUT2D eigenvalue weighted by Gasteiger charge is 2.49. The van der Waals surface area contributed by atoms with E-state index in [0.29, 0.717) is 0 Å². The van der Waals surface area contributed by atoms with Gasteiger partial charge >= 0.3 is 0 Å². The molecule has 1 heterocycles. The molecule has 1 atom stereocenters. The van der Waals surface area contributed by atoms with Gasteiger partial charge in [0.1, 0.15) is 5.01 Å². The zero-order valence-corrected chi connectivity index (χ0v) is 15.5. The lowest BCUT2D eigenvalue weighted by Gasteiger charge is -2.50. The number of rotatable bonds is 4. The molecule has 0 amide bonds. The van der Waals surface area contributed by atoms with Crippen LogP contribution in [-0.2, 0) is 11.0 Å². The zero-order valence-electron chi connectivity index (χ0n) is 14.7. The molecule has 0 saturated heterocycles. The minimum atomic E-state index is 0.0649. The third-order valence-electron chi connectivity index (χ3n) is 5.07. The second kappa shape index (κ2) is 6.00. The lowest BCUT2D eigenvalue weighted by atomic mass is 9.63. The minimum Gasteiger partial charge on any atom is -0.305 e. The molecule has 1 N–H and O–H groups in total. The maximum atomic E-state index is 5.08. The third kappa shape index (κ3) is 3.19. The van der Waals surface area contributed by atoms with Crippen molar-refractivity contribution >= 4 is 11.3 Å². The van der Waals surface area contributed by atoms with Crippen LogP contribution in [0.25, 0.3) is 0 Å². The predicted octanol–water partition coefficient (Wildman–Crippen LogP) is 5.24. The van der Waals surface area contributed by atoms with Gasteiger partial charge < -0.3 is 5.32 Å². The number of aromatic nitrogens is 1. The van der Waals surface area contributed by atoms with E-state index in [2.05, 4.69) is 52.2 Å². The Labute approximate surface area is 134 Å². The van der Waals surface area contributed by atoms with Gasteiger partial charge in [0.05, 0.1) is 11.2 Å². The molecular formula is C18H32N2S. The lowest BCUT2D eigenvalue weighted by Crippen LogP contribution is -2.55. The van der Waals surface area contributed by atoms with Gasteiger partial charge in [-0.15, -0.1) is 11.3 Å². The van der Waals surface area contributed by atoms with Crippen LogP contribution in [0.5, 0.6) is 0 Å². The van der Waals surface area contributed by atoms with Crippen LogP contribution in [0.4, 0.5) is 0 Å². The van der Waals surface area contributed by atoms with Crippen molar-refractivity contribution in [3.63, 3.8) is 0 Å². The molecular weight excluding hydrogens is 276 g/mol. The second-order valence-corrected chi connectivity index (χ2v) is 9.07. The molecule has 1 unspecified atom stereocenters. The Balaban J connectivity index is 2.42. The number of nitrogens with one attached hydrogen (secondary N) is 1. The molecule has 0 bridgehead atoms. The van der Waals surface area contributed by atoms with E-state index in [9.17, 15) is 0 Å². The van der Waals surface area contributed by atoms with Crippen molar-refractivity contribution in [1.29, 1.82) is 0 Å². The Hall–Kier alpha value is -0.410. The van der Waals surface area contributed by atoms with Gasteiger partial charge in [0.25, 0.3) is 0 Å². The van der Waals surface area contributed by atoms with Crippen molar-refractivity contribution in [2.45, 2.75) is 84.6 Å². The van der Waals surface area contributed by atoms with Gasteiger partial charge in [-0.25, -0.2) is 4.98 Å². The summed E-state index contributed by atoms with van der Waals surface area (Å²) in [7, 11) is 0. The molecule has 2 nitrogen and oxygen atoms in total. The summed E-state index contributed by atoms with van der Waals surface area (Å²) in [4.78, 5) is 5.08. The molecule has 1 aromatic rings. The first kappa shape index (κ1) is 17.0. The second-order valence-electron chi connectivity index (χ2n) is 8.21. The van der Waals surface area contributed by atoms with Gasteiger partial charge in [0.15, 0.2) is 0 Å². The van der Waals surface area contributed by atoms with Crippen molar-refractivity contribution in [1.82, 2.24) is 10.3 Å². The Morgan fingerprint density at radius 2 is 1.90 bits per heavy atom. The fourth-order valence-electron chi connectivity index (χ4n) is 3.46. The Morgan fingerprint density at radius 3 is 2.43 bits per heavy atom. The molecule has 0 spiro atoms. The summed E-state index contributed by atoms with van der Waals surface area (Å²) in [5.74, 6) is 0. The summed E-state index contributed by atoms with van der Waals surface area (Å²) in [5.41, 5.74) is 1.71. The quantitative estimate of drug-likeness (QED) is 0.823. The van der Waals surface area contributed by atoms with Crippen molar-refractivity contribution < 1.29 is 0 Å². The number of nitrogens with zero attached hydrogens (tertiary/aromatic N) is 1. The first-order valence-electron chi connectivity index (χ1n) is 8.44. The summed E-state index contributed by atoms with van der Waals surface area (Å²) in [5, 5.41) is 7.49. The average molecular weight is 309 g/mol. The summed E-state index contributed by atoms with van der Waals surface area (Å²) in [6, 6.07) is 0. The van der Waals surface area contributed by atoms with Crippen molar-refractivity contribution in [2.75, 3.05) is 6.54 Å². The summed E-state index contributed by atoms with van der Waals surface area (Å²) in [6.07, 6.45) is 6.34. The van der Waals surface area contributed by atoms with Crippen LogP contribution in [0, 0.1) is 5.41 Å². The molecule has 2 rings (SSSR count). The number of thiazole rings is 1. The third-order valence-corrected chi connectivity index (χ3v) is 6.08. The summed E-state index contributed by atoms with van der Waals surface area (Å²) < 4.78 is 0. The molecule has 1 aliphatic carbocycles. The molecule has 1 aliphatic rings. The highest BCUT2D eigenvalue weighted by molar-refractivity contribution is 7.09. The van der Waals surface area contributed by atoms with E-state index >= 15 is 0 Å². The molecule has 1 aromatic heterocycles. The van der Waals surface area contributed by atoms with Gasteiger partial charge in [-0.3, -0.25) is 0 Å². The van der Waals surface area contributed by atoms with E-state index in [-0.39, 0.29) is 16.4 Å². The lowest BCUT2D eigenvalue weighted by molar-refractivity contribution is 0.0591. The summed E-state index contributed by atoms with van der Waals surface area (Å²) in [6.45, 7) is 14.9. The fourth-order valence-corrected chi connectivity index (χ4v) is 4.89. The van der Waals surface area contributed by atoms with E-state index in [1.807, 2.05) is 11.3 Å². The normalized spacial score (nSPS) is 26.0. The van der Waals surface area contributed by atoms with Crippen molar-refractivity contribution in [3.8, 4) is 0 Å². The van der Waals surface area contributed by atoms with E-state index in [4.69, 9.17) is 4.98 Å². The number of hydrogen-bond acceptors (Lipinski definition) is 3. The van der Waals surface area contributed by atoms with Crippen LogP contribution in [0.15, 0.2) is 5.38 Å². The molecule has 3 heteroatoms. The first-order valence-corrected chi connectivity index (χ1v) is 9.32. The van der Waals surface area contributed by atoms with E-state index < -0.39 is 0 Å². The maximum absolute atomic E-state index is 5.08. The van der Waals surface area contributed by atoms with Crippen LogP contribution in [0.2, 0.25) is 0 Å². The Kier molecular flexibility index (Phi) is 4.84. The van der Waals surface area contributed by atoms with Crippen molar-refractivity contribution in [2.24, 2.45) is 5.41 Å². The minimum absolute atomic E-state index is 0.0649. The molecule has 1 saturated carbocycles. The van der Waals surface area contributed by atoms with E-state index in [1.165, 1.54) is 42.8 Å². The topological polar surface area (TPSA) is 24.9 Å². The Morgan fingerprint density at radius 1 is 1.24 bits per heavy atom. The van der Waals surface area contributed by atoms with Crippen LogP contribution < -0.4 is 5.32 Å². The largest absolute Gasteiger partial charge is 0.305 e. The van der Waals surface area contributed by atoms with E-state index in [1.54, 1.807) is 0 Å². The van der Waals surface area contributed by atoms with Gasteiger partial charge in [-0.05, 0) is 31.2 Å². The SMILES string of the molecule is CCCNC1(c2nc(C(C)(C)C)cs2)CCCCC1(C)C. The molecule has 0 aliphatic heterocycles. The highest BCUT2D eigenvalue weighted by atomic mass is 32.1. The standard InChI is InChI=1S/C18H32N2S/c1-7-12-19-18(11-9-8-10-17(18,5)6)15-20-14(13-21-15)16(2,3)4/h13,19H,7-12H2,1-6H3. The maximum Gasteiger partial charge on any atom is 0.114 e. The van der Waals surface area contributed by atoms with E-state index in [0.717, 1.165) is 6.54 Å². The van der Waals surface area contributed by atoms with Crippen molar-refractivity contribution in [3.05, 3.63) is 16.1 Å². The molecule has 21 heavy (non-hydrogen) atoms.